The van der Waals surface area contributed by atoms with Crippen molar-refractivity contribution in [1.29, 1.82) is 0 Å². The Balaban J connectivity index is 1.37. The van der Waals surface area contributed by atoms with Crippen LogP contribution in [0.25, 0.3) is 0 Å². The van der Waals surface area contributed by atoms with Gasteiger partial charge < -0.3 is 29.7 Å². The lowest BCUT2D eigenvalue weighted by atomic mass is 10.1. The van der Waals surface area contributed by atoms with E-state index in [9.17, 15) is 19.5 Å². The van der Waals surface area contributed by atoms with Gasteiger partial charge in [0.2, 0.25) is 5.91 Å². The molecule has 2 saturated heterocycles. The first-order valence-corrected chi connectivity index (χ1v) is 11.6. The summed E-state index contributed by atoms with van der Waals surface area (Å²) in [5.41, 5.74) is 1.42. The second kappa shape index (κ2) is 11.2. The minimum absolute atomic E-state index is 0.0225. The molecular weight excluding hydrogens is 452 g/mol. The van der Waals surface area contributed by atoms with Crippen molar-refractivity contribution in [2.24, 2.45) is 0 Å². The molecule has 2 aromatic rings. The van der Waals surface area contributed by atoms with E-state index in [1.807, 2.05) is 11.0 Å². The molecule has 0 atom stereocenters. The van der Waals surface area contributed by atoms with E-state index >= 15 is 0 Å². The van der Waals surface area contributed by atoms with Crippen molar-refractivity contribution >= 4 is 29.2 Å². The summed E-state index contributed by atoms with van der Waals surface area (Å²) in [6, 6.07) is 11.6. The van der Waals surface area contributed by atoms with Crippen LogP contribution >= 0.6 is 0 Å². The maximum Gasteiger partial charge on any atom is 0.337 e. The van der Waals surface area contributed by atoms with Crippen molar-refractivity contribution in [2.75, 3.05) is 76.4 Å². The number of amides is 2. The van der Waals surface area contributed by atoms with Crippen LogP contribution in [0.3, 0.4) is 0 Å². The summed E-state index contributed by atoms with van der Waals surface area (Å²) in [6.07, 6.45) is 0. The van der Waals surface area contributed by atoms with Gasteiger partial charge in [0, 0.05) is 50.5 Å². The van der Waals surface area contributed by atoms with Gasteiger partial charge in [-0.3, -0.25) is 14.5 Å². The van der Waals surface area contributed by atoms with Crippen molar-refractivity contribution in [1.82, 2.24) is 9.80 Å². The molecule has 2 aliphatic rings. The molecule has 2 fully saturated rings. The molecule has 0 saturated carbocycles. The fourth-order valence-electron chi connectivity index (χ4n) is 4.22. The number of anilines is 2. The van der Waals surface area contributed by atoms with Crippen molar-refractivity contribution in [3.63, 3.8) is 0 Å². The molecule has 4 rings (SSSR count). The third kappa shape index (κ3) is 6.09. The molecule has 0 spiro atoms. The van der Waals surface area contributed by atoms with E-state index in [4.69, 9.17) is 9.47 Å². The number of nitrogens with one attached hydrogen (secondary N) is 1. The Morgan fingerprint density at radius 1 is 0.971 bits per heavy atom. The summed E-state index contributed by atoms with van der Waals surface area (Å²) in [6.45, 7) is 5.58. The Kier molecular flexibility index (Phi) is 7.84. The number of carbonyl (C=O) groups excluding carboxylic acids is 2. The van der Waals surface area contributed by atoms with Gasteiger partial charge in [0.05, 0.1) is 38.1 Å². The number of nitrogens with zero attached hydrogens (tertiary/aromatic N) is 3. The van der Waals surface area contributed by atoms with Gasteiger partial charge in [-0.2, -0.15) is 0 Å². The third-order valence-electron chi connectivity index (χ3n) is 6.29. The average molecular weight is 483 g/mol. The van der Waals surface area contributed by atoms with Gasteiger partial charge in [0.15, 0.2) is 0 Å². The summed E-state index contributed by atoms with van der Waals surface area (Å²) < 4.78 is 10.4. The topological polar surface area (TPSA) is 112 Å². The molecule has 2 aromatic carbocycles. The SMILES string of the molecule is COc1ccc(C(=O)Nc2ccc(N3CCN(CC(=O)N4CCOCC4)CC3)cc2C(=O)O)cc1. The summed E-state index contributed by atoms with van der Waals surface area (Å²) in [4.78, 5) is 43.1. The Morgan fingerprint density at radius 2 is 1.66 bits per heavy atom. The van der Waals surface area contributed by atoms with Crippen molar-refractivity contribution in [3.05, 3.63) is 53.6 Å². The van der Waals surface area contributed by atoms with Crippen LogP contribution in [-0.2, 0) is 9.53 Å². The van der Waals surface area contributed by atoms with Crippen LogP contribution in [0.15, 0.2) is 42.5 Å². The van der Waals surface area contributed by atoms with Crippen LogP contribution in [0.1, 0.15) is 20.7 Å². The van der Waals surface area contributed by atoms with E-state index in [0.29, 0.717) is 70.3 Å². The lowest BCUT2D eigenvalue weighted by Gasteiger charge is -2.37. The van der Waals surface area contributed by atoms with E-state index in [0.717, 1.165) is 5.69 Å². The van der Waals surface area contributed by atoms with Crippen LogP contribution in [0.2, 0.25) is 0 Å². The fraction of sp³-hybridized carbons (Fsp3) is 0.400. The van der Waals surface area contributed by atoms with Gasteiger partial charge in [-0.05, 0) is 42.5 Å². The molecule has 2 N–H and O–H groups in total. The number of carbonyl (C=O) groups is 3. The third-order valence-corrected chi connectivity index (χ3v) is 6.29. The van der Waals surface area contributed by atoms with Crippen molar-refractivity contribution in [2.45, 2.75) is 0 Å². The van der Waals surface area contributed by atoms with Crippen LogP contribution in [0, 0.1) is 0 Å². The summed E-state index contributed by atoms with van der Waals surface area (Å²) in [5, 5.41) is 12.5. The number of aromatic carboxylic acids is 1. The molecule has 35 heavy (non-hydrogen) atoms. The Bertz CT molecular complexity index is 1060. The second-order valence-electron chi connectivity index (χ2n) is 8.47. The highest BCUT2D eigenvalue weighted by Gasteiger charge is 2.24. The molecule has 0 radical (unpaired) electrons. The molecule has 10 heteroatoms. The van der Waals surface area contributed by atoms with Crippen LogP contribution < -0.4 is 15.0 Å². The molecule has 2 heterocycles. The number of carboxylic acids is 1. The first-order chi connectivity index (χ1) is 16.9. The first kappa shape index (κ1) is 24.5. The van der Waals surface area contributed by atoms with Gasteiger partial charge >= 0.3 is 5.97 Å². The van der Waals surface area contributed by atoms with Crippen LogP contribution in [0.5, 0.6) is 5.75 Å². The van der Waals surface area contributed by atoms with E-state index in [-0.39, 0.29) is 17.2 Å². The Labute approximate surface area is 204 Å². The normalized spacial score (nSPS) is 16.6. The number of hydrogen-bond donors (Lipinski definition) is 2. The summed E-state index contributed by atoms with van der Waals surface area (Å²) >= 11 is 0. The highest BCUT2D eigenvalue weighted by molar-refractivity contribution is 6.08. The number of piperazine rings is 1. The number of benzene rings is 2. The van der Waals surface area contributed by atoms with E-state index in [2.05, 4.69) is 15.1 Å². The summed E-state index contributed by atoms with van der Waals surface area (Å²) in [5.74, 6) is -0.775. The molecular formula is C25H30N4O6. The molecule has 2 aliphatic heterocycles. The average Bonchev–Trinajstić information content (AvgIpc) is 2.89. The summed E-state index contributed by atoms with van der Waals surface area (Å²) in [7, 11) is 1.54. The molecule has 10 nitrogen and oxygen atoms in total. The molecule has 0 bridgehead atoms. The van der Waals surface area contributed by atoms with Gasteiger partial charge in [0.25, 0.3) is 5.91 Å². The van der Waals surface area contributed by atoms with Crippen LogP contribution in [-0.4, -0.2) is 98.8 Å². The second-order valence-corrected chi connectivity index (χ2v) is 8.47. The number of methoxy groups -OCH3 is 1. The van der Waals surface area contributed by atoms with Gasteiger partial charge in [-0.25, -0.2) is 4.79 Å². The maximum absolute atomic E-state index is 12.6. The highest BCUT2D eigenvalue weighted by Crippen LogP contribution is 2.25. The molecule has 0 aliphatic carbocycles. The van der Waals surface area contributed by atoms with Gasteiger partial charge in [0.1, 0.15) is 5.75 Å². The van der Waals surface area contributed by atoms with Gasteiger partial charge in [-0.1, -0.05) is 0 Å². The highest BCUT2D eigenvalue weighted by atomic mass is 16.5. The predicted octanol–water partition coefficient (Wildman–Crippen LogP) is 1.63. The zero-order valence-electron chi connectivity index (χ0n) is 19.7. The molecule has 0 unspecified atom stereocenters. The van der Waals surface area contributed by atoms with E-state index in [1.165, 1.54) is 0 Å². The number of carboxylic acid groups (broad SMARTS) is 1. The number of ether oxygens (including phenoxy) is 2. The van der Waals surface area contributed by atoms with Crippen molar-refractivity contribution in [3.8, 4) is 5.75 Å². The number of hydrogen-bond acceptors (Lipinski definition) is 7. The zero-order chi connectivity index (χ0) is 24.8. The predicted molar refractivity (Wildman–Crippen MR) is 130 cm³/mol. The minimum Gasteiger partial charge on any atom is -0.497 e. The first-order valence-electron chi connectivity index (χ1n) is 11.6. The molecule has 0 aromatic heterocycles. The number of rotatable bonds is 7. The largest absolute Gasteiger partial charge is 0.497 e. The monoisotopic (exact) mass is 482 g/mol. The smallest absolute Gasteiger partial charge is 0.337 e. The Morgan fingerprint density at radius 3 is 2.29 bits per heavy atom. The van der Waals surface area contributed by atoms with E-state index < -0.39 is 11.9 Å². The zero-order valence-corrected chi connectivity index (χ0v) is 19.7. The van der Waals surface area contributed by atoms with E-state index in [1.54, 1.807) is 43.5 Å². The molecule has 2 amide bonds. The van der Waals surface area contributed by atoms with Gasteiger partial charge in [-0.15, -0.1) is 0 Å². The van der Waals surface area contributed by atoms with Crippen LogP contribution in [0.4, 0.5) is 11.4 Å². The fourth-order valence-corrected chi connectivity index (χ4v) is 4.22. The maximum atomic E-state index is 12.6. The number of morpholine rings is 1. The standard InChI is InChI=1S/C25H30N4O6/c1-34-20-5-2-18(3-6-20)24(31)26-22-7-4-19(16-21(22)25(32)33)28-10-8-27(9-11-28)17-23(30)29-12-14-35-15-13-29/h2-7,16H,8-15,17H2,1H3,(H,26,31)(H,32,33). The minimum atomic E-state index is -1.12. The van der Waals surface area contributed by atoms with Crippen molar-refractivity contribution < 1.29 is 29.0 Å². The Hall–Kier alpha value is -3.63. The lowest BCUT2D eigenvalue weighted by Crippen LogP contribution is -2.51. The lowest BCUT2D eigenvalue weighted by molar-refractivity contribution is -0.136. The molecule has 186 valence electrons. The quantitative estimate of drug-likeness (QED) is 0.613.